The summed E-state index contributed by atoms with van der Waals surface area (Å²) in [4.78, 5) is 43.9. The van der Waals surface area contributed by atoms with Crippen molar-refractivity contribution in [3.8, 4) is 0 Å². The van der Waals surface area contributed by atoms with Gasteiger partial charge in [-0.2, -0.15) is 19.6 Å². The van der Waals surface area contributed by atoms with Crippen molar-refractivity contribution in [2.75, 3.05) is 10.6 Å². The zero-order valence-corrected chi connectivity index (χ0v) is 17.3. The van der Waals surface area contributed by atoms with Crippen LogP contribution >= 0.6 is 0 Å². The smallest absolute Gasteiger partial charge is 0.326 e. The molecule has 2 aromatic heterocycles. The predicted octanol–water partition coefficient (Wildman–Crippen LogP) is 1.51. The molecule has 3 amide bonds. The van der Waals surface area contributed by atoms with Gasteiger partial charge in [-0.1, -0.05) is 30.3 Å². The van der Waals surface area contributed by atoms with Crippen LogP contribution in [0.25, 0.3) is 11.7 Å². The van der Waals surface area contributed by atoms with E-state index in [2.05, 4.69) is 36.3 Å². The number of amides is 3. The van der Waals surface area contributed by atoms with E-state index in [1.807, 2.05) is 30.3 Å². The number of carboxylic acid groups (broad SMARTS) is 1. The van der Waals surface area contributed by atoms with Crippen LogP contribution < -0.4 is 21.3 Å². The fourth-order valence-electron chi connectivity index (χ4n) is 3.47. The van der Waals surface area contributed by atoms with Crippen LogP contribution in [0.4, 0.5) is 16.7 Å². The lowest BCUT2D eigenvalue weighted by Gasteiger charge is -2.18. The molecule has 5 N–H and O–H groups in total. The summed E-state index contributed by atoms with van der Waals surface area (Å²) in [5, 5.41) is 24.7. The number of imide groups is 1. The van der Waals surface area contributed by atoms with Crippen molar-refractivity contribution in [3.63, 3.8) is 0 Å². The van der Waals surface area contributed by atoms with Crippen molar-refractivity contribution in [3.05, 3.63) is 53.4 Å². The Kier molecular flexibility index (Phi) is 5.09. The molecule has 1 unspecified atom stereocenters. The fourth-order valence-corrected chi connectivity index (χ4v) is 3.47. The lowest BCUT2D eigenvalue weighted by molar-refractivity contribution is -0.137. The maximum Gasteiger partial charge on any atom is 0.326 e. The molecule has 1 saturated carbocycles. The number of urea groups is 1. The molecule has 0 radical (unpaired) electrons. The fraction of sp³-hybridized carbons (Fsp3) is 0.238. The van der Waals surface area contributed by atoms with Gasteiger partial charge in [0.05, 0.1) is 18.7 Å². The Hall–Kier alpha value is -4.48. The third kappa shape index (κ3) is 4.44. The highest BCUT2D eigenvalue weighted by molar-refractivity contribution is 6.14. The Balaban J connectivity index is 1.55. The van der Waals surface area contributed by atoms with E-state index >= 15 is 0 Å². The SMILES string of the molecule is O=C(O)CC(Nc1nc(NC2CC2)n2ncc(/C=C3\NC(=O)NC3=O)c2n1)c1ccccc1. The second-order valence-corrected chi connectivity index (χ2v) is 7.80. The number of aliphatic carboxylic acids is 1. The van der Waals surface area contributed by atoms with Crippen LogP contribution in [0.1, 0.15) is 36.4 Å². The molecule has 1 atom stereocenters. The molecule has 1 aromatic carbocycles. The van der Waals surface area contributed by atoms with Gasteiger partial charge in [0.25, 0.3) is 5.91 Å². The second kappa shape index (κ2) is 8.22. The van der Waals surface area contributed by atoms with Crippen LogP contribution in [0.2, 0.25) is 0 Å². The molecular formula is C21H20N8O4. The van der Waals surface area contributed by atoms with E-state index in [0.29, 0.717) is 17.2 Å². The summed E-state index contributed by atoms with van der Waals surface area (Å²) in [5.74, 6) is -0.863. The van der Waals surface area contributed by atoms with Crippen molar-refractivity contribution in [2.45, 2.75) is 31.3 Å². The quantitative estimate of drug-likeness (QED) is 0.254. The Morgan fingerprint density at radius 1 is 1.21 bits per heavy atom. The standard InChI is InChI=1S/C21H20N8O4/c30-16(31)9-14(11-4-2-1-3-5-11)24-19-26-17-12(8-15-18(32)27-21(33)25-15)10-22-29(17)20(28-19)23-13-6-7-13/h1-5,8,10,13-14H,6-7,9H2,(H,30,31)(H2,23,24,26,28)(H2,25,27,32,33)/b15-8-. The summed E-state index contributed by atoms with van der Waals surface area (Å²) in [6, 6.07) is 8.28. The highest BCUT2D eigenvalue weighted by Gasteiger charge is 2.26. The number of carboxylic acids is 1. The largest absolute Gasteiger partial charge is 0.481 e. The minimum atomic E-state index is -0.966. The maximum atomic E-state index is 11.9. The third-order valence-corrected chi connectivity index (χ3v) is 5.21. The average Bonchev–Trinajstić information content (AvgIpc) is 3.42. The number of anilines is 2. The highest BCUT2D eigenvalue weighted by Crippen LogP contribution is 2.27. The second-order valence-electron chi connectivity index (χ2n) is 7.80. The molecule has 3 heterocycles. The number of hydrogen-bond acceptors (Lipinski definition) is 8. The first kappa shape index (κ1) is 20.4. The molecule has 33 heavy (non-hydrogen) atoms. The summed E-state index contributed by atoms with van der Waals surface area (Å²) in [6.07, 6.45) is 4.83. The molecular weight excluding hydrogens is 428 g/mol. The molecule has 1 aliphatic carbocycles. The molecule has 1 saturated heterocycles. The van der Waals surface area contributed by atoms with Gasteiger partial charge in [-0.3, -0.25) is 14.9 Å². The van der Waals surface area contributed by atoms with Crippen molar-refractivity contribution >= 4 is 41.5 Å². The number of nitrogens with zero attached hydrogens (tertiary/aromatic N) is 4. The van der Waals surface area contributed by atoms with Gasteiger partial charge in [-0.15, -0.1) is 0 Å². The molecule has 2 fully saturated rings. The van der Waals surface area contributed by atoms with E-state index < -0.39 is 23.9 Å². The van der Waals surface area contributed by atoms with Crippen LogP contribution in [0.3, 0.4) is 0 Å². The lowest BCUT2D eigenvalue weighted by Crippen LogP contribution is -2.22. The Morgan fingerprint density at radius 3 is 2.67 bits per heavy atom. The van der Waals surface area contributed by atoms with Crippen LogP contribution in [-0.2, 0) is 9.59 Å². The van der Waals surface area contributed by atoms with Crippen molar-refractivity contribution in [2.24, 2.45) is 0 Å². The normalized spacial score (nSPS) is 17.6. The molecule has 12 nitrogen and oxygen atoms in total. The van der Waals surface area contributed by atoms with E-state index in [-0.39, 0.29) is 24.1 Å². The first-order valence-electron chi connectivity index (χ1n) is 10.4. The first-order chi connectivity index (χ1) is 16.0. The van der Waals surface area contributed by atoms with Gasteiger partial charge >= 0.3 is 12.0 Å². The molecule has 2 aliphatic rings. The summed E-state index contributed by atoms with van der Waals surface area (Å²) in [5.41, 5.74) is 1.73. The van der Waals surface area contributed by atoms with E-state index in [1.165, 1.54) is 16.8 Å². The number of benzene rings is 1. The zero-order valence-electron chi connectivity index (χ0n) is 17.3. The van der Waals surface area contributed by atoms with E-state index in [9.17, 15) is 19.5 Å². The number of nitrogens with one attached hydrogen (secondary N) is 4. The van der Waals surface area contributed by atoms with Crippen LogP contribution in [0.15, 0.2) is 42.2 Å². The molecule has 5 rings (SSSR count). The van der Waals surface area contributed by atoms with Gasteiger partial charge in [0.2, 0.25) is 11.9 Å². The Labute approximate surface area is 187 Å². The number of rotatable bonds is 8. The lowest BCUT2D eigenvalue weighted by atomic mass is 10.0. The number of aromatic nitrogens is 4. The van der Waals surface area contributed by atoms with Gasteiger partial charge in [0.1, 0.15) is 5.70 Å². The van der Waals surface area contributed by atoms with Gasteiger partial charge in [0.15, 0.2) is 5.65 Å². The molecule has 168 valence electrons. The van der Waals surface area contributed by atoms with E-state index in [4.69, 9.17) is 0 Å². The minimum Gasteiger partial charge on any atom is -0.481 e. The molecule has 1 aliphatic heterocycles. The number of carbonyl (C=O) groups is 3. The van der Waals surface area contributed by atoms with Gasteiger partial charge in [0, 0.05) is 11.6 Å². The number of hydrogen-bond donors (Lipinski definition) is 5. The summed E-state index contributed by atoms with van der Waals surface area (Å²) in [7, 11) is 0. The zero-order chi connectivity index (χ0) is 22.9. The van der Waals surface area contributed by atoms with Crippen molar-refractivity contribution in [1.29, 1.82) is 0 Å². The maximum absolute atomic E-state index is 11.9. The summed E-state index contributed by atoms with van der Waals surface area (Å²) < 4.78 is 1.51. The molecule has 3 aromatic rings. The number of carbonyl (C=O) groups excluding carboxylic acids is 2. The minimum absolute atomic E-state index is 0.0766. The monoisotopic (exact) mass is 448 g/mol. The van der Waals surface area contributed by atoms with Crippen LogP contribution in [0, 0.1) is 0 Å². The molecule has 12 heteroatoms. The van der Waals surface area contributed by atoms with Crippen molar-refractivity contribution < 1.29 is 19.5 Å². The van der Waals surface area contributed by atoms with Gasteiger partial charge < -0.3 is 21.1 Å². The topological polar surface area (TPSA) is 163 Å². The third-order valence-electron chi connectivity index (χ3n) is 5.21. The van der Waals surface area contributed by atoms with Crippen molar-refractivity contribution in [1.82, 2.24) is 30.2 Å². The Bertz CT molecular complexity index is 1280. The van der Waals surface area contributed by atoms with Gasteiger partial charge in [-0.25, -0.2) is 4.79 Å². The average molecular weight is 448 g/mol. The van der Waals surface area contributed by atoms with E-state index in [1.54, 1.807) is 0 Å². The predicted molar refractivity (Wildman–Crippen MR) is 117 cm³/mol. The highest BCUT2D eigenvalue weighted by atomic mass is 16.4. The summed E-state index contributed by atoms with van der Waals surface area (Å²) in [6.45, 7) is 0. The molecule has 0 spiro atoms. The van der Waals surface area contributed by atoms with Gasteiger partial charge in [-0.05, 0) is 24.5 Å². The van der Waals surface area contributed by atoms with Crippen LogP contribution in [-0.4, -0.2) is 48.6 Å². The Morgan fingerprint density at radius 2 is 2.00 bits per heavy atom. The van der Waals surface area contributed by atoms with Crippen LogP contribution in [0.5, 0.6) is 0 Å². The van der Waals surface area contributed by atoms with E-state index in [0.717, 1.165) is 18.4 Å². The number of fused-ring (bicyclic) bond motifs is 1. The summed E-state index contributed by atoms with van der Waals surface area (Å²) >= 11 is 0. The first-order valence-corrected chi connectivity index (χ1v) is 10.4. The molecule has 0 bridgehead atoms.